The first-order valence-corrected chi connectivity index (χ1v) is 8.84. The molecule has 0 spiro atoms. The number of hydrogen-bond acceptors (Lipinski definition) is 3. The van der Waals surface area contributed by atoms with Gasteiger partial charge in [0, 0.05) is 29.7 Å². The first-order chi connectivity index (χ1) is 10.9. The van der Waals surface area contributed by atoms with E-state index in [1.54, 1.807) is 6.08 Å². The van der Waals surface area contributed by atoms with E-state index >= 15 is 0 Å². The van der Waals surface area contributed by atoms with Gasteiger partial charge < -0.3 is 4.74 Å². The smallest absolute Gasteiger partial charge is 0.332 e. The number of carbonyl (C=O) groups is 1. The zero-order valence-electron chi connectivity index (χ0n) is 14.7. The minimum Gasteiger partial charge on any atom is -0.450 e. The Morgan fingerprint density at radius 2 is 2.22 bits per heavy atom. The molecule has 0 radical (unpaired) electrons. The Kier molecular flexibility index (Phi) is 4.38. The topological polar surface area (TPSA) is 29.5 Å². The first-order valence-electron chi connectivity index (χ1n) is 8.84. The molecule has 124 valence electrons. The number of fused-ring (bicyclic) bond motifs is 3. The molecule has 0 aliphatic carbocycles. The predicted molar refractivity (Wildman–Crippen MR) is 91.7 cm³/mol. The van der Waals surface area contributed by atoms with Crippen molar-refractivity contribution < 1.29 is 9.53 Å². The molecule has 0 aromatic carbocycles. The Morgan fingerprint density at radius 1 is 1.43 bits per heavy atom. The van der Waals surface area contributed by atoms with Crippen molar-refractivity contribution in [2.45, 2.75) is 71.1 Å². The number of carbonyl (C=O) groups excluding carboxylic acids is 1. The van der Waals surface area contributed by atoms with E-state index in [2.05, 4.69) is 50.5 Å². The lowest BCUT2D eigenvalue weighted by atomic mass is 9.81. The van der Waals surface area contributed by atoms with Crippen LogP contribution in [0.3, 0.4) is 0 Å². The second-order valence-corrected chi connectivity index (χ2v) is 7.56. The van der Waals surface area contributed by atoms with Crippen LogP contribution in [0.5, 0.6) is 0 Å². The van der Waals surface area contributed by atoms with Crippen LogP contribution in [0.15, 0.2) is 23.3 Å². The Labute approximate surface area is 139 Å². The molecule has 3 rings (SSSR count). The standard InChI is InChI=1S/C20H27NO2/c1-14(2)8-7-9-16-12-15(3)21-11-6-5-10-18(21)20(4)17(16)13-19(22)23-20/h12-15,18H,5-6,8,10-11H2,1-4H3/t15-,18+,20-/m0/s1. The number of nitrogens with zero attached hydrogens (tertiary/aromatic N) is 1. The second-order valence-electron chi connectivity index (χ2n) is 7.56. The van der Waals surface area contributed by atoms with Crippen molar-refractivity contribution in [3.63, 3.8) is 0 Å². The van der Waals surface area contributed by atoms with Gasteiger partial charge in [0.15, 0.2) is 5.60 Å². The number of hydrogen-bond donors (Lipinski definition) is 0. The van der Waals surface area contributed by atoms with Gasteiger partial charge in [-0.15, -0.1) is 0 Å². The molecule has 0 amide bonds. The van der Waals surface area contributed by atoms with Crippen molar-refractivity contribution >= 4 is 5.97 Å². The van der Waals surface area contributed by atoms with E-state index in [4.69, 9.17) is 4.74 Å². The average molecular weight is 313 g/mol. The molecule has 0 aromatic heterocycles. The maximum atomic E-state index is 12.0. The third-order valence-corrected chi connectivity index (χ3v) is 5.24. The Morgan fingerprint density at radius 3 is 2.96 bits per heavy atom. The van der Waals surface area contributed by atoms with Crippen LogP contribution in [0.2, 0.25) is 0 Å². The minimum atomic E-state index is -0.555. The summed E-state index contributed by atoms with van der Waals surface area (Å²) in [5.74, 6) is 6.95. The van der Waals surface area contributed by atoms with E-state index < -0.39 is 5.60 Å². The summed E-state index contributed by atoms with van der Waals surface area (Å²) in [6.45, 7) is 9.71. The van der Waals surface area contributed by atoms with Crippen LogP contribution in [0.4, 0.5) is 0 Å². The van der Waals surface area contributed by atoms with Crippen LogP contribution in [0.1, 0.15) is 53.4 Å². The maximum Gasteiger partial charge on any atom is 0.332 e. The summed E-state index contributed by atoms with van der Waals surface area (Å²) in [4.78, 5) is 14.5. The highest BCUT2D eigenvalue weighted by atomic mass is 16.6. The van der Waals surface area contributed by atoms with Crippen molar-refractivity contribution in [1.82, 2.24) is 4.90 Å². The fourth-order valence-corrected chi connectivity index (χ4v) is 4.07. The van der Waals surface area contributed by atoms with Crippen molar-refractivity contribution in [1.29, 1.82) is 0 Å². The van der Waals surface area contributed by atoms with E-state index in [-0.39, 0.29) is 12.0 Å². The molecule has 0 N–H and O–H groups in total. The lowest BCUT2D eigenvalue weighted by Crippen LogP contribution is -2.55. The first kappa shape index (κ1) is 16.3. The van der Waals surface area contributed by atoms with Crippen LogP contribution < -0.4 is 0 Å². The summed E-state index contributed by atoms with van der Waals surface area (Å²) in [7, 11) is 0. The molecule has 23 heavy (non-hydrogen) atoms. The van der Waals surface area contributed by atoms with E-state index in [1.807, 2.05) is 0 Å². The van der Waals surface area contributed by atoms with E-state index in [1.165, 1.54) is 12.8 Å². The highest BCUT2D eigenvalue weighted by molar-refractivity contribution is 5.89. The van der Waals surface area contributed by atoms with E-state index in [0.717, 1.165) is 30.5 Å². The molecule has 0 aromatic rings. The van der Waals surface area contributed by atoms with Gasteiger partial charge in [-0.2, -0.15) is 0 Å². The molecule has 0 bridgehead atoms. The summed E-state index contributed by atoms with van der Waals surface area (Å²) in [6, 6.07) is 0.579. The summed E-state index contributed by atoms with van der Waals surface area (Å²) < 4.78 is 5.83. The zero-order chi connectivity index (χ0) is 16.6. The quantitative estimate of drug-likeness (QED) is 0.548. The molecule has 0 saturated carbocycles. The minimum absolute atomic E-state index is 0.223. The fourth-order valence-electron chi connectivity index (χ4n) is 4.07. The van der Waals surface area contributed by atoms with Crippen molar-refractivity contribution in [2.75, 3.05) is 6.54 Å². The fraction of sp³-hybridized carbons (Fsp3) is 0.650. The predicted octanol–water partition coefficient (Wildman–Crippen LogP) is 3.46. The van der Waals surface area contributed by atoms with Gasteiger partial charge in [0.05, 0.1) is 6.04 Å². The Balaban J connectivity index is 2.02. The summed E-state index contributed by atoms with van der Waals surface area (Å²) in [6.07, 6.45) is 8.25. The normalized spacial score (nSPS) is 33.7. The van der Waals surface area contributed by atoms with Crippen LogP contribution >= 0.6 is 0 Å². The Bertz CT molecular complexity index is 619. The van der Waals surface area contributed by atoms with E-state index in [9.17, 15) is 4.79 Å². The molecule has 3 heterocycles. The van der Waals surface area contributed by atoms with Crippen molar-refractivity contribution in [2.24, 2.45) is 5.92 Å². The molecule has 1 fully saturated rings. The van der Waals surface area contributed by atoms with Crippen LogP contribution in [0, 0.1) is 17.8 Å². The number of esters is 1. The van der Waals surface area contributed by atoms with Gasteiger partial charge in [0.2, 0.25) is 0 Å². The summed E-state index contributed by atoms with van der Waals surface area (Å²) in [5.41, 5.74) is 1.42. The number of piperidine rings is 1. The van der Waals surface area contributed by atoms with Gasteiger partial charge in [-0.1, -0.05) is 38.2 Å². The molecule has 1 saturated heterocycles. The summed E-state index contributed by atoms with van der Waals surface area (Å²) in [5, 5.41) is 0. The van der Waals surface area contributed by atoms with E-state index in [0.29, 0.717) is 12.0 Å². The van der Waals surface area contributed by atoms with Crippen molar-refractivity contribution in [3.8, 4) is 11.8 Å². The monoisotopic (exact) mass is 313 g/mol. The molecule has 0 unspecified atom stereocenters. The largest absolute Gasteiger partial charge is 0.450 e. The highest BCUT2D eigenvalue weighted by Crippen LogP contribution is 2.44. The molecule has 3 atom stereocenters. The lowest BCUT2D eigenvalue weighted by molar-refractivity contribution is -0.151. The third-order valence-electron chi connectivity index (χ3n) is 5.24. The third kappa shape index (κ3) is 2.97. The maximum absolute atomic E-state index is 12.0. The number of ether oxygens (including phenoxy) is 1. The molecular weight excluding hydrogens is 286 g/mol. The highest BCUT2D eigenvalue weighted by Gasteiger charge is 2.51. The van der Waals surface area contributed by atoms with Crippen LogP contribution in [0.25, 0.3) is 0 Å². The molecule has 3 heteroatoms. The molecule has 3 nitrogen and oxygen atoms in total. The molecule has 3 aliphatic heterocycles. The van der Waals surface area contributed by atoms with Gasteiger partial charge in [0.1, 0.15) is 0 Å². The van der Waals surface area contributed by atoms with Gasteiger partial charge in [-0.25, -0.2) is 4.79 Å². The second kappa shape index (κ2) is 6.17. The van der Waals surface area contributed by atoms with Crippen molar-refractivity contribution in [3.05, 3.63) is 23.3 Å². The molecule has 3 aliphatic rings. The SMILES string of the molecule is CC(C)CC#CC1=C[C@H](C)N2CCCC[C@@H]2[C@@]2(C)OC(=O)C=C12. The van der Waals surface area contributed by atoms with Crippen LogP contribution in [-0.2, 0) is 9.53 Å². The zero-order valence-corrected chi connectivity index (χ0v) is 14.7. The number of rotatable bonds is 1. The molecular formula is C20H27NO2. The average Bonchev–Trinajstić information content (AvgIpc) is 2.78. The van der Waals surface area contributed by atoms with Gasteiger partial charge >= 0.3 is 5.97 Å². The van der Waals surface area contributed by atoms with Crippen LogP contribution in [-0.4, -0.2) is 35.1 Å². The van der Waals surface area contributed by atoms with Gasteiger partial charge in [0.25, 0.3) is 0 Å². The van der Waals surface area contributed by atoms with Gasteiger partial charge in [-0.05, 0) is 39.2 Å². The van der Waals surface area contributed by atoms with Gasteiger partial charge in [-0.3, -0.25) is 4.90 Å². The lowest BCUT2D eigenvalue weighted by Gasteiger charge is -2.45. The Hall–Kier alpha value is -1.53. The summed E-state index contributed by atoms with van der Waals surface area (Å²) >= 11 is 0.